The summed E-state index contributed by atoms with van der Waals surface area (Å²) in [6.45, 7) is 1.85. The molecule has 7 nitrogen and oxygen atoms in total. The number of nitrogens with zero attached hydrogens (tertiary/aromatic N) is 2. The zero-order chi connectivity index (χ0) is 16.1. The molecule has 0 aliphatic heterocycles. The van der Waals surface area contributed by atoms with Gasteiger partial charge in [-0.1, -0.05) is 0 Å². The van der Waals surface area contributed by atoms with Crippen LogP contribution in [0, 0.1) is 6.92 Å². The van der Waals surface area contributed by atoms with Crippen molar-refractivity contribution < 1.29 is 14.3 Å². The summed E-state index contributed by atoms with van der Waals surface area (Å²) >= 11 is 0. The second-order valence-corrected chi connectivity index (χ2v) is 4.81. The standard InChI is InChI=1S/C15H18N4O3/c1-10-8-11(4-5-12(10)18-14(20)9-22-3)17-15(21)13-6-7-16-19(13)2/h4-8H,9H2,1-3H3,(H,17,21)(H,18,20). The van der Waals surface area contributed by atoms with E-state index in [1.54, 1.807) is 37.5 Å². The fourth-order valence-corrected chi connectivity index (χ4v) is 1.99. The van der Waals surface area contributed by atoms with Gasteiger partial charge in [0, 0.05) is 31.7 Å². The Balaban J connectivity index is 2.08. The van der Waals surface area contributed by atoms with Gasteiger partial charge in [-0.25, -0.2) is 0 Å². The third-order valence-corrected chi connectivity index (χ3v) is 3.09. The van der Waals surface area contributed by atoms with Crippen molar-refractivity contribution in [2.45, 2.75) is 6.92 Å². The highest BCUT2D eigenvalue weighted by Crippen LogP contribution is 2.20. The predicted octanol–water partition coefficient (Wildman–Crippen LogP) is 1.57. The quantitative estimate of drug-likeness (QED) is 0.878. The smallest absolute Gasteiger partial charge is 0.273 e. The van der Waals surface area contributed by atoms with Crippen molar-refractivity contribution in [1.29, 1.82) is 0 Å². The Morgan fingerprint density at radius 2 is 2.05 bits per heavy atom. The lowest BCUT2D eigenvalue weighted by Crippen LogP contribution is -2.18. The van der Waals surface area contributed by atoms with Crippen molar-refractivity contribution in [1.82, 2.24) is 9.78 Å². The molecule has 0 saturated heterocycles. The van der Waals surface area contributed by atoms with Crippen LogP contribution in [0.3, 0.4) is 0 Å². The van der Waals surface area contributed by atoms with Crippen LogP contribution in [0.25, 0.3) is 0 Å². The molecule has 0 atom stereocenters. The molecular formula is C15H18N4O3. The van der Waals surface area contributed by atoms with Gasteiger partial charge in [0.2, 0.25) is 5.91 Å². The van der Waals surface area contributed by atoms with Gasteiger partial charge >= 0.3 is 0 Å². The fraction of sp³-hybridized carbons (Fsp3) is 0.267. The molecule has 0 aliphatic carbocycles. The van der Waals surface area contributed by atoms with E-state index in [2.05, 4.69) is 15.7 Å². The highest BCUT2D eigenvalue weighted by molar-refractivity contribution is 6.03. The number of hydrogen-bond donors (Lipinski definition) is 2. The van der Waals surface area contributed by atoms with Crippen LogP contribution in [0.5, 0.6) is 0 Å². The van der Waals surface area contributed by atoms with E-state index in [-0.39, 0.29) is 18.4 Å². The average molecular weight is 302 g/mol. The highest BCUT2D eigenvalue weighted by Gasteiger charge is 2.11. The van der Waals surface area contributed by atoms with Gasteiger partial charge in [0.1, 0.15) is 12.3 Å². The Kier molecular flexibility index (Phi) is 4.90. The van der Waals surface area contributed by atoms with Crippen molar-refractivity contribution in [3.63, 3.8) is 0 Å². The van der Waals surface area contributed by atoms with E-state index in [0.717, 1.165) is 5.56 Å². The van der Waals surface area contributed by atoms with Crippen LogP contribution < -0.4 is 10.6 Å². The van der Waals surface area contributed by atoms with E-state index in [1.807, 2.05) is 6.92 Å². The number of aromatic nitrogens is 2. The second kappa shape index (κ2) is 6.86. The van der Waals surface area contributed by atoms with Gasteiger partial charge in [0.15, 0.2) is 0 Å². The van der Waals surface area contributed by atoms with Gasteiger partial charge in [-0.3, -0.25) is 14.3 Å². The number of nitrogens with one attached hydrogen (secondary N) is 2. The molecular weight excluding hydrogens is 284 g/mol. The zero-order valence-corrected chi connectivity index (χ0v) is 12.7. The molecule has 0 bridgehead atoms. The Bertz CT molecular complexity index is 694. The average Bonchev–Trinajstić information content (AvgIpc) is 2.88. The van der Waals surface area contributed by atoms with E-state index >= 15 is 0 Å². The molecule has 1 aromatic heterocycles. The molecule has 22 heavy (non-hydrogen) atoms. The second-order valence-electron chi connectivity index (χ2n) is 4.81. The van der Waals surface area contributed by atoms with Crippen molar-refractivity contribution in [3.8, 4) is 0 Å². The van der Waals surface area contributed by atoms with Crippen molar-refractivity contribution in [2.24, 2.45) is 7.05 Å². The Morgan fingerprint density at radius 3 is 2.64 bits per heavy atom. The first-order chi connectivity index (χ1) is 10.5. The summed E-state index contributed by atoms with van der Waals surface area (Å²) in [6, 6.07) is 6.89. The molecule has 2 rings (SSSR count). The van der Waals surface area contributed by atoms with E-state index in [1.165, 1.54) is 11.8 Å². The number of benzene rings is 1. The maximum atomic E-state index is 12.1. The van der Waals surface area contributed by atoms with E-state index in [9.17, 15) is 9.59 Å². The van der Waals surface area contributed by atoms with Gasteiger partial charge < -0.3 is 15.4 Å². The van der Waals surface area contributed by atoms with Crippen LogP contribution in [0.1, 0.15) is 16.1 Å². The largest absolute Gasteiger partial charge is 0.375 e. The summed E-state index contributed by atoms with van der Waals surface area (Å²) in [5, 5.41) is 9.49. The van der Waals surface area contributed by atoms with Gasteiger partial charge in [0.25, 0.3) is 5.91 Å². The van der Waals surface area contributed by atoms with Gasteiger partial charge in [0.05, 0.1) is 0 Å². The Morgan fingerprint density at radius 1 is 1.27 bits per heavy atom. The van der Waals surface area contributed by atoms with Gasteiger partial charge in [-0.2, -0.15) is 5.10 Å². The van der Waals surface area contributed by atoms with Crippen LogP contribution in [0.2, 0.25) is 0 Å². The van der Waals surface area contributed by atoms with Crippen LogP contribution in [0.15, 0.2) is 30.5 Å². The molecule has 0 radical (unpaired) electrons. The van der Waals surface area contributed by atoms with Crippen LogP contribution in [-0.4, -0.2) is 35.3 Å². The molecule has 1 heterocycles. The van der Waals surface area contributed by atoms with Gasteiger partial charge in [-0.05, 0) is 36.8 Å². The summed E-state index contributed by atoms with van der Waals surface area (Å²) in [4.78, 5) is 23.6. The lowest BCUT2D eigenvalue weighted by Gasteiger charge is -2.11. The summed E-state index contributed by atoms with van der Waals surface area (Å²) in [6.07, 6.45) is 1.56. The topological polar surface area (TPSA) is 85.2 Å². The van der Waals surface area contributed by atoms with Crippen LogP contribution in [-0.2, 0) is 16.6 Å². The third kappa shape index (κ3) is 3.70. The molecule has 2 aromatic rings. The number of carbonyl (C=O) groups excluding carboxylic acids is 2. The van der Waals surface area contributed by atoms with Crippen LogP contribution in [0.4, 0.5) is 11.4 Å². The summed E-state index contributed by atoms with van der Waals surface area (Å²) in [5.41, 5.74) is 2.64. The SMILES string of the molecule is COCC(=O)Nc1ccc(NC(=O)c2ccnn2C)cc1C. The molecule has 0 saturated carbocycles. The summed E-state index contributed by atoms with van der Waals surface area (Å²) in [7, 11) is 3.16. The number of rotatable bonds is 5. The zero-order valence-electron chi connectivity index (χ0n) is 12.7. The Labute approximate surface area is 128 Å². The first-order valence-electron chi connectivity index (χ1n) is 6.70. The predicted molar refractivity (Wildman–Crippen MR) is 82.8 cm³/mol. The first-order valence-corrected chi connectivity index (χ1v) is 6.70. The summed E-state index contributed by atoms with van der Waals surface area (Å²) in [5.74, 6) is -0.465. The minimum atomic E-state index is -0.240. The fourth-order valence-electron chi connectivity index (χ4n) is 1.99. The number of hydrogen-bond acceptors (Lipinski definition) is 4. The number of carbonyl (C=O) groups is 2. The van der Waals surface area contributed by atoms with Crippen LogP contribution >= 0.6 is 0 Å². The minimum Gasteiger partial charge on any atom is -0.375 e. The lowest BCUT2D eigenvalue weighted by atomic mass is 10.1. The normalized spacial score (nSPS) is 10.3. The van der Waals surface area contributed by atoms with E-state index < -0.39 is 0 Å². The number of methoxy groups -OCH3 is 1. The number of ether oxygens (including phenoxy) is 1. The maximum absolute atomic E-state index is 12.1. The first kappa shape index (κ1) is 15.7. The third-order valence-electron chi connectivity index (χ3n) is 3.09. The van der Waals surface area contributed by atoms with E-state index in [0.29, 0.717) is 17.1 Å². The van der Waals surface area contributed by atoms with E-state index in [4.69, 9.17) is 4.74 Å². The highest BCUT2D eigenvalue weighted by atomic mass is 16.5. The molecule has 0 fully saturated rings. The molecule has 116 valence electrons. The molecule has 0 aliphatic rings. The monoisotopic (exact) mass is 302 g/mol. The Hall–Kier alpha value is -2.67. The van der Waals surface area contributed by atoms with Crippen molar-refractivity contribution >= 4 is 23.2 Å². The van der Waals surface area contributed by atoms with Crippen molar-refractivity contribution in [2.75, 3.05) is 24.4 Å². The maximum Gasteiger partial charge on any atom is 0.273 e. The lowest BCUT2D eigenvalue weighted by molar-refractivity contribution is -0.119. The molecule has 0 spiro atoms. The minimum absolute atomic E-state index is 0.00157. The molecule has 0 unspecified atom stereocenters. The number of anilines is 2. The molecule has 7 heteroatoms. The summed E-state index contributed by atoms with van der Waals surface area (Å²) < 4.78 is 6.27. The number of aryl methyl sites for hydroxylation is 2. The molecule has 1 aromatic carbocycles. The van der Waals surface area contributed by atoms with Crippen molar-refractivity contribution in [3.05, 3.63) is 41.7 Å². The van der Waals surface area contributed by atoms with Gasteiger partial charge in [-0.15, -0.1) is 0 Å². The number of amides is 2. The molecule has 2 amide bonds. The molecule has 2 N–H and O–H groups in total.